The Balaban J connectivity index is 1.42. The Kier molecular flexibility index (Phi) is 4.52. The van der Waals surface area contributed by atoms with Crippen molar-refractivity contribution in [3.8, 4) is 5.69 Å². The number of piperidine rings is 1. The maximum atomic E-state index is 11.0. The molecule has 1 saturated heterocycles. The standard InChI is InChI=1S/C18H23N7O/c1-23-14-20-21-17(23)10-18(26)8-5-9-24(12-18)11-16-19-13-25(22-16)15-6-3-2-4-7-15/h2-4,6-7,13-14,26H,5,8-12H2,1H3. The fraction of sp³-hybridized carbons (Fsp3) is 0.444. The maximum Gasteiger partial charge on any atom is 0.164 e. The number of rotatable bonds is 5. The van der Waals surface area contributed by atoms with Gasteiger partial charge >= 0.3 is 0 Å². The lowest BCUT2D eigenvalue weighted by Gasteiger charge is -2.38. The molecule has 0 amide bonds. The molecule has 3 aromatic rings. The fourth-order valence-electron chi connectivity index (χ4n) is 3.52. The second-order valence-electron chi connectivity index (χ2n) is 7.01. The molecule has 1 aliphatic heterocycles. The summed E-state index contributed by atoms with van der Waals surface area (Å²) in [6.45, 7) is 2.14. The van der Waals surface area contributed by atoms with Gasteiger partial charge in [-0.3, -0.25) is 4.90 Å². The highest BCUT2D eigenvalue weighted by Gasteiger charge is 2.35. The van der Waals surface area contributed by atoms with Gasteiger partial charge in [0.15, 0.2) is 5.82 Å². The van der Waals surface area contributed by atoms with Crippen LogP contribution in [0.25, 0.3) is 5.69 Å². The summed E-state index contributed by atoms with van der Waals surface area (Å²) < 4.78 is 3.64. The number of aromatic nitrogens is 6. The molecule has 1 aliphatic rings. The van der Waals surface area contributed by atoms with Crippen molar-refractivity contribution in [3.63, 3.8) is 0 Å². The van der Waals surface area contributed by atoms with Gasteiger partial charge in [-0.2, -0.15) is 0 Å². The molecule has 0 spiro atoms. The predicted molar refractivity (Wildman–Crippen MR) is 95.5 cm³/mol. The zero-order valence-corrected chi connectivity index (χ0v) is 14.9. The molecule has 1 fully saturated rings. The zero-order chi connectivity index (χ0) is 18.0. The first-order chi connectivity index (χ1) is 12.6. The largest absolute Gasteiger partial charge is 0.388 e. The average molecular weight is 353 g/mol. The van der Waals surface area contributed by atoms with Gasteiger partial charge in [-0.05, 0) is 31.5 Å². The third-order valence-corrected chi connectivity index (χ3v) is 4.85. The van der Waals surface area contributed by atoms with Crippen LogP contribution in [0.15, 0.2) is 43.0 Å². The first kappa shape index (κ1) is 16.9. The molecule has 136 valence electrons. The lowest BCUT2D eigenvalue weighted by Crippen LogP contribution is -2.49. The summed E-state index contributed by atoms with van der Waals surface area (Å²) in [4.78, 5) is 6.64. The zero-order valence-electron chi connectivity index (χ0n) is 14.9. The number of nitrogens with zero attached hydrogens (tertiary/aromatic N) is 7. The van der Waals surface area contributed by atoms with E-state index in [-0.39, 0.29) is 0 Å². The van der Waals surface area contributed by atoms with E-state index in [1.807, 2.05) is 41.9 Å². The van der Waals surface area contributed by atoms with E-state index in [9.17, 15) is 5.11 Å². The van der Waals surface area contributed by atoms with Crippen molar-refractivity contribution in [2.45, 2.75) is 31.4 Å². The molecule has 0 bridgehead atoms. The Hall–Kier alpha value is -2.58. The minimum absolute atomic E-state index is 0.506. The second-order valence-corrected chi connectivity index (χ2v) is 7.01. The van der Waals surface area contributed by atoms with Gasteiger partial charge in [-0.25, -0.2) is 9.67 Å². The highest BCUT2D eigenvalue weighted by Crippen LogP contribution is 2.25. The van der Waals surface area contributed by atoms with Crippen molar-refractivity contribution in [1.29, 1.82) is 0 Å². The first-order valence-electron chi connectivity index (χ1n) is 8.85. The Morgan fingerprint density at radius 3 is 2.81 bits per heavy atom. The van der Waals surface area contributed by atoms with Crippen molar-refractivity contribution >= 4 is 0 Å². The summed E-state index contributed by atoms with van der Waals surface area (Å²) in [5.41, 5.74) is 0.199. The van der Waals surface area contributed by atoms with Crippen molar-refractivity contribution in [2.75, 3.05) is 13.1 Å². The first-order valence-corrected chi connectivity index (χ1v) is 8.85. The molecule has 3 heterocycles. The lowest BCUT2D eigenvalue weighted by atomic mass is 9.89. The van der Waals surface area contributed by atoms with E-state index in [1.165, 1.54) is 0 Å². The molecule has 1 atom stereocenters. The van der Waals surface area contributed by atoms with Gasteiger partial charge in [0.05, 0.1) is 17.8 Å². The van der Waals surface area contributed by atoms with Crippen LogP contribution < -0.4 is 0 Å². The normalized spacial score (nSPS) is 21.2. The molecule has 0 aliphatic carbocycles. The average Bonchev–Trinajstić information content (AvgIpc) is 3.25. The van der Waals surface area contributed by atoms with Crippen LogP contribution in [0.2, 0.25) is 0 Å². The third-order valence-electron chi connectivity index (χ3n) is 4.85. The highest BCUT2D eigenvalue weighted by molar-refractivity contribution is 5.29. The van der Waals surface area contributed by atoms with E-state index in [1.54, 1.807) is 17.3 Å². The van der Waals surface area contributed by atoms with Crippen LogP contribution in [0.4, 0.5) is 0 Å². The molecule has 2 aromatic heterocycles. The van der Waals surface area contributed by atoms with Crippen LogP contribution in [0.1, 0.15) is 24.5 Å². The third kappa shape index (κ3) is 3.66. The molecular weight excluding hydrogens is 330 g/mol. The molecule has 8 nitrogen and oxygen atoms in total. The van der Waals surface area contributed by atoms with E-state index in [2.05, 4.69) is 25.2 Å². The molecule has 8 heteroatoms. The van der Waals surface area contributed by atoms with Crippen molar-refractivity contribution in [2.24, 2.45) is 7.05 Å². The van der Waals surface area contributed by atoms with E-state index >= 15 is 0 Å². The Bertz CT molecular complexity index is 859. The van der Waals surface area contributed by atoms with E-state index in [0.717, 1.165) is 36.7 Å². The SMILES string of the molecule is Cn1cnnc1CC1(O)CCCN(Cc2ncn(-c3ccccc3)n2)C1. The van der Waals surface area contributed by atoms with Gasteiger partial charge in [-0.15, -0.1) is 15.3 Å². The van der Waals surface area contributed by atoms with Crippen molar-refractivity contribution < 1.29 is 5.11 Å². The van der Waals surface area contributed by atoms with Crippen LogP contribution in [-0.2, 0) is 20.0 Å². The number of aryl methyl sites for hydroxylation is 1. The van der Waals surface area contributed by atoms with Gasteiger partial charge in [-0.1, -0.05) is 18.2 Å². The predicted octanol–water partition coefficient (Wildman–Crippen LogP) is 0.965. The fourth-order valence-corrected chi connectivity index (χ4v) is 3.52. The van der Waals surface area contributed by atoms with Gasteiger partial charge in [0.1, 0.15) is 18.5 Å². The minimum atomic E-state index is -0.791. The molecule has 4 rings (SSSR count). The maximum absolute atomic E-state index is 11.0. The van der Waals surface area contributed by atoms with Gasteiger partial charge in [0.2, 0.25) is 0 Å². The molecule has 1 unspecified atom stereocenters. The van der Waals surface area contributed by atoms with Crippen LogP contribution in [0.3, 0.4) is 0 Å². The van der Waals surface area contributed by atoms with Gasteiger partial charge < -0.3 is 9.67 Å². The van der Waals surface area contributed by atoms with E-state index in [0.29, 0.717) is 19.5 Å². The molecule has 0 saturated carbocycles. The summed E-state index contributed by atoms with van der Waals surface area (Å²) >= 11 is 0. The molecule has 1 N–H and O–H groups in total. The second kappa shape index (κ2) is 6.97. The van der Waals surface area contributed by atoms with E-state index < -0.39 is 5.60 Å². The van der Waals surface area contributed by atoms with Gasteiger partial charge in [0.25, 0.3) is 0 Å². The highest BCUT2D eigenvalue weighted by atomic mass is 16.3. The van der Waals surface area contributed by atoms with Crippen LogP contribution in [-0.4, -0.2) is 58.2 Å². The summed E-state index contributed by atoms with van der Waals surface area (Å²) in [5.74, 6) is 1.57. The van der Waals surface area contributed by atoms with Crippen LogP contribution in [0, 0.1) is 0 Å². The number of β-amino-alcohol motifs (C(OH)–C–C–N with tert-alkyl or cyclic N) is 1. The molecular formula is C18H23N7O. The lowest BCUT2D eigenvalue weighted by molar-refractivity contribution is -0.0351. The van der Waals surface area contributed by atoms with Crippen molar-refractivity contribution in [1.82, 2.24) is 34.4 Å². The quantitative estimate of drug-likeness (QED) is 0.736. The minimum Gasteiger partial charge on any atom is -0.388 e. The van der Waals surface area contributed by atoms with Crippen LogP contribution >= 0.6 is 0 Å². The summed E-state index contributed by atoms with van der Waals surface area (Å²) in [7, 11) is 1.90. The Morgan fingerprint density at radius 1 is 1.19 bits per heavy atom. The number of hydrogen-bond acceptors (Lipinski definition) is 6. The van der Waals surface area contributed by atoms with Crippen LogP contribution in [0.5, 0.6) is 0 Å². The van der Waals surface area contributed by atoms with Crippen molar-refractivity contribution in [3.05, 3.63) is 54.6 Å². The number of likely N-dealkylation sites (tertiary alicyclic amines) is 1. The monoisotopic (exact) mass is 353 g/mol. The molecule has 0 radical (unpaired) electrons. The Morgan fingerprint density at radius 2 is 2.04 bits per heavy atom. The Labute approximate surface area is 152 Å². The summed E-state index contributed by atoms with van der Waals surface area (Å²) in [6, 6.07) is 9.94. The smallest absolute Gasteiger partial charge is 0.164 e. The number of benzene rings is 1. The summed E-state index contributed by atoms with van der Waals surface area (Å²) in [6.07, 6.45) is 5.61. The number of aliphatic hydroxyl groups is 1. The van der Waals surface area contributed by atoms with Gasteiger partial charge in [0, 0.05) is 20.0 Å². The number of para-hydroxylation sites is 1. The molecule has 1 aromatic carbocycles. The molecule has 26 heavy (non-hydrogen) atoms. The topological polar surface area (TPSA) is 84.9 Å². The number of hydrogen-bond donors (Lipinski definition) is 1. The summed E-state index contributed by atoms with van der Waals surface area (Å²) in [5, 5.41) is 23.6. The van der Waals surface area contributed by atoms with E-state index in [4.69, 9.17) is 0 Å².